The van der Waals surface area contributed by atoms with E-state index in [-0.39, 0.29) is 18.2 Å². The largest absolute Gasteiger partial charge is 0.400 e. The quantitative estimate of drug-likeness (QED) is 0.435. The number of fused-ring (bicyclic) bond motifs is 5. The maximum atomic E-state index is 13.8. The van der Waals surface area contributed by atoms with Gasteiger partial charge in [0.25, 0.3) is 0 Å². The van der Waals surface area contributed by atoms with E-state index in [2.05, 4.69) is 89.9 Å². The van der Waals surface area contributed by atoms with Crippen molar-refractivity contribution in [1.82, 2.24) is 0 Å². The summed E-state index contributed by atoms with van der Waals surface area (Å²) in [6.45, 7) is 12.8. The molecule has 2 aromatic carbocycles. The van der Waals surface area contributed by atoms with Crippen LogP contribution in [0.3, 0.4) is 0 Å². The average molecular weight is 486 g/mol. The lowest BCUT2D eigenvalue weighted by molar-refractivity contribution is -0.358. The van der Waals surface area contributed by atoms with Crippen LogP contribution in [0, 0.1) is 5.41 Å². The molecular weight excluding hydrogens is 450 g/mol. The standard InChI is InChI=1S/C31H35NO4/c1-8-23-19-14-10-11-15-20(19)24(9-2)35-31(34-23)26-18(3)25-21-16-12-13-17-22(21)32(7)30(25,6)29(4,5)27(26)28(33)36-31/h10-17,23-24H,8-9H2,1-7H3/t23-,24-,30-/m0/s1. The molecule has 0 N–H and O–H groups in total. The van der Waals surface area contributed by atoms with E-state index in [0.717, 1.165) is 35.1 Å². The zero-order valence-electron chi connectivity index (χ0n) is 22.3. The first kappa shape index (κ1) is 23.5. The molecule has 0 saturated carbocycles. The summed E-state index contributed by atoms with van der Waals surface area (Å²) >= 11 is 0. The highest BCUT2D eigenvalue weighted by Crippen LogP contribution is 2.65. The molecule has 3 aliphatic heterocycles. The van der Waals surface area contributed by atoms with E-state index in [0.29, 0.717) is 5.57 Å². The molecule has 0 radical (unpaired) electrons. The van der Waals surface area contributed by atoms with Crippen LogP contribution >= 0.6 is 0 Å². The van der Waals surface area contributed by atoms with E-state index < -0.39 is 16.9 Å². The van der Waals surface area contributed by atoms with Crippen molar-refractivity contribution in [3.8, 4) is 0 Å². The number of likely N-dealkylation sites (N-methyl/N-ethyl adjacent to an activating group) is 1. The van der Waals surface area contributed by atoms with Crippen LogP contribution in [0.25, 0.3) is 5.57 Å². The molecule has 0 fully saturated rings. The number of benzene rings is 2. The molecule has 0 saturated heterocycles. The fraction of sp³-hybridized carbons (Fsp3) is 0.452. The Morgan fingerprint density at radius 1 is 0.833 bits per heavy atom. The summed E-state index contributed by atoms with van der Waals surface area (Å²) < 4.78 is 19.8. The molecule has 4 aliphatic rings. The van der Waals surface area contributed by atoms with Gasteiger partial charge >= 0.3 is 11.9 Å². The van der Waals surface area contributed by atoms with Crippen LogP contribution in [-0.2, 0) is 19.0 Å². The Morgan fingerprint density at radius 2 is 1.39 bits per heavy atom. The number of hydrogen-bond donors (Lipinski definition) is 0. The van der Waals surface area contributed by atoms with Gasteiger partial charge in [0, 0.05) is 23.7 Å². The molecule has 1 aliphatic carbocycles. The summed E-state index contributed by atoms with van der Waals surface area (Å²) in [7, 11) is 2.12. The molecule has 2 aromatic rings. The van der Waals surface area contributed by atoms with Crippen molar-refractivity contribution in [2.75, 3.05) is 11.9 Å². The number of ether oxygens (including phenoxy) is 3. The molecule has 1 spiro atoms. The van der Waals surface area contributed by atoms with Gasteiger partial charge in [-0.3, -0.25) is 0 Å². The van der Waals surface area contributed by atoms with E-state index in [1.165, 1.54) is 16.8 Å². The average Bonchev–Trinajstić information content (AvgIpc) is 3.23. The number of carbonyl (C=O) groups is 1. The normalized spacial score (nSPS) is 29.5. The van der Waals surface area contributed by atoms with Gasteiger partial charge in [-0.1, -0.05) is 70.2 Å². The zero-order valence-corrected chi connectivity index (χ0v) is 22.3. The maximum absolute atomic E-state index is 13.8. The summed E-state index contributed by atoms with van der Waals surface area (Å²) in [5.74, 6) is -1.94. The second-order valence-electron chi connectivity index (χ2n) is 11.1. The fourth-order valence-electron chi connectivity index (χ4n) is 7.18. The Labute approximate surface area is 213 Å². The third kappa shape index (κ3) is 2.65. The summed E-state index contributed by atoms with van der Waals surface area (Å²) in [6.07, 6.45) is 0.956. The monoisotopic (exact) mass is 485 g/mol. The molecule has 0 bridgehead atoms. The predicted molar refractivity (Wildman–Crippen MR) is 140 cm³/mol. The van der Waals surface area contributed by atoms with Crippen molar-refractivity contribution in [2.24, 2.45) is 5.41 Å². The molecule has 3 heterocycles. The van der Waals surface area contributed by atoms with E-state index in [9.17, 15) is 4.79 Å². The molecule has 0 amide bonds. The number of rotatable bonds is 2. The number of esters is 1. The minimum Gasteiger partial charge on any atom is -0.400 e. The molecule has 188 valence electrons. The van der Waals surface area contributed by atoms with Gasteiger partial charge in [0.15, 0.2) is 0 Å². The van der Waals surface area contributed by atoms with E-state index in [1.807, 2.05) is 12.1 Å². The lowest BCUT2D eigenvalue weighted by Crippen LogP contribution is -2.56. The van der Waals surface area contributed by atoms with Crippen LogP contribution in [0.2, 0.25) is 0 Å². The van der Waals surface area contributed by atoms with Crippen LogP contribution in [0.1, 0.15) is 83.3 Å². The van der Waals surface area contributed by atoms with E-state index in [4.69, 9.17) is 14.2 Å². The van der Waals surface area contributed by atoms with Gasteiger partial charge in [-0.2, -0.15) is 0 Å². The second-order valence-corrected chi connectivity index (χ2v) is 11.1. The van der Waals surface area contributed by atoms with Crippen molar-refractivity contribution in [3.63, 3.8) is 0 Å². The van der Waals surface area contributed by atoms with E-state index >= 15 is 0 Å². The summed E-state index contributed by atoms with van der Waals surface area (Å²) in [4.78, 5) is 16.2. The third-order valence-corrected chi connectivity index (χ3v) is 9.30. The van der Waals surface area contributed by atoms with Crippen molar-refractivity contribution in [3.05, 3.63) is 81.9 Å². The van der Waals surface area contributed by atoms with Crippen LogP contribution in [-0.4, -0.2) is 24.5 Å². The SMILES string of the molecule is CC[C@@H]1OC2(OC(=O)C3=C2C(C)=C2c4ccccc4N(C)[C@]2(C)C3(C)C)O[C@@H](CC)c2ccccc21. The predicted octanol–water partition coefficient (Wildman–Crippen LogP) is 6.86. The Morgan fingerprint density at radius 3 is 1.97 bits per heavy atom. The minimum atomic E-state index is -1.58. The van der Waals surface area contributed by atoms with Crippen LogP contribution < -0.4 is 4.90 Å². The van der Waals surface area contributed by atoms with Crippen LogP contribution in [0.15, 0.2) is 65.3 Å². The lowest BCUT2D eigenvalue weighted by Gasteiger charge is -2.51. The van der Waals surface area contributed by atoms with Gasteiger partial charge in [-0.25, -0.2) is 4.79 Å². The van der Waals surface area contributed by atoms with E-state index in [1.54, 1.807) is 0 Å². The smallest absolute Gasteiger partial charge is 0.360 e. The highest BCUT2D eigenvalue weighted by Gasteiger charge is 2.67. The number of hydrogen-bond acceptors (Lipinski definition) is 5. The fourth-order valence-corrected chi connectivity index (χ4v) is 7.18. The van der Waals surface area contributed by atoms with Gasteiger partial charge in [-0.15, -0.1) is 0 Å². The van der Waals surface area contributed by atoms with Gasteiger partial charge in [0.1, 0.15) is 0 Å². The molecule has 5 heteroatoms. The van der Waals surface area contributed by atoms with Gasteiger partial charge in [-0.05, 0) is 55.0 Å². The number of carbonyl (C=O) groups excluding carboxylic acids is 1. The van der Waals surface area contributed by atoms with Crippen LogP contribution in [0.5, 0.6) is 0 Å². The molecular formula is C31H35NO4. The zero-order chi connectivity index (χ0) is 25.6. The first-order chi connectivity index (χ1) is 17.1. The summed E-state index contributed by atoms with van der Waals surface area (Å²) in [6, 6.07) is 16.8. The Bertz CT molecular complexity index is 1320. The van der Waals surface area contributed by atoms with Crippen molar-refractivity contribution < 1.29 is 19.0 Å². The number of anilines is 1. The molecule has 36 heavy (non-hydrogen) atoms. The Kier molecular flexibility index (Phi) is 4.94. The second kappa shape index (κ2) is 7.56. The summed E-state index contributed by atoms with van der Waals surface area (Å²) in [5, 5.41) is 0. The highest BCUT2D eigenvalue weighted by atomic mass is 16.9. The highest BCUT2D eigenvalue weighted by molar-refractivity contribution is 6.04. The van der Waals surface area contributed by atoms with Crippen molar-refractivity contribution in [2.45, 2.75) is 78.1 Å². The Hall–Kier alpha value is -2.89. The summed E-state index contributed by atoms with van der Waals surface area (Å²) in [5.41, 5.74) is 7.16. The molecule has 5 nitrogen and oxygen atoms in total. The van der Waals surface area contributed by atoms with Crippen molar-refractivity contribution in [1.29, 1.82) is 0 Å². The molecule has 3 atom stereocenters. The van der Waals surface area contributed by atoms with Gasteiger partial charge in [0.05, 0.1) is 28.9 Å². The first-order valence-corrected chi connectivity index (χ1v) is 13.1. The van der Waals surface area contributed by atoms with Crippen LogP contribution in [0.4, 0.5) is 5.69 Å². The number of para-hydroxylation sites is 1. The molecule has 6 rings (SSSR count). The minimum absolute atomic E-state index is 0.259. The first-order valence-electron chi connectivity index (χ1n) is 13.1. The molecule has 0 unspecified atom stereocenters. The molecule has 0 aromatic heterocycles. The lowest BCUT2D eigenvalue weighted by atomic mass is 9.59. The Balaban J connectivity index is 1.63. The van der Waals surface area contributed by atoms with Gasteiger partial charge < -0.3 is 19.1 Å². The third-order valence-electron chi connectivity index (χ3n) is 9.30. The van der Waals surface area contributed by atoms with Gasteiger partial charge in [0.2, 0.25) is 0 Å². The maximum Gasteiger partial charge on any atom is 0.360 e. The topological polar surface area (TPSA) is 48.0 Å². The number of nitrogens with zero attached hydrogens (tertiary/aromatic N) is 1. The van der Waals surface area contributed by atoms with Crippen molar-refractivity contribution >= 4 is 17.2 Å².